The highest BCUT2D eigenvalue weighted by atomic mass is 16.3. The molecule has 1 aromatic carbocycles. The van der Waals surface area contributed by atoms with Gasteiger partial charge in [-0.2, -0.15) is 0 Å². The first kappa shape index (κ1) is 14.5. The molecule has 2 atom stereocenters. The highest BCUT2D eigenvalue weighted by Gasteiger charge is 2.33. The quantitative estimate of drug-likeness (QED) is 0.753. The number of benzene rings is 1. The molecule has 19 heavy (non-hydrogen) atoms. The van der Waals surface area contributed by atoms with Crippen molar-refractivity contribution in [1.29, 1.82) is 0 Å². The summed E-state index contributed by atoms with van der Waals surface area (Å²) >= 11 is 0. The Labute approximate surface area is 117 Å². The lowest BCUT2D eigenvalue weighted by Crippen LogP contribution is -2.38. The second-order valence-corrected chi connectivity index (χ2v) is 6.14. The van der Waals surface area contributed by atoms with E-state index in [2.05, 4.69) is 43.4 Å². The van der Waals surface area contributed by atoms with E-state index in [0.29, 0.717) is 17.9 Å². The van der Waals surface area contributed by atoms with Crippen molar-refractivity contribution in [2.45, 2.75) is 45.1 Å². The summed E-state index contributed by atoms with van der Waals surface area (Å²) in [5.41, 5.74) is 1.34. The average Bonchev–Trinajstić information content (AvgIpc) is 3.23. The highest BCUT2D eigenvalue weighted by molar-refractivity contribution is 5.20. The van der Waals surface area contributed by atoms with Crippen LogP contribution in [0.15, 0.2) is 30.3 Å². The van der Waals surface area contributed by atoms with Gasteiger partial charge < -0.3 is 10.4 Å². The van der Waals surface area contributed by atoms with Gasteiger partial charge in [-0.3, -0.25) is 0 Å². The zero-order valence-corrected chi connectivity index (χ0v) is 12.2. The van der Waals surface area contributed by atoms with Crippen molar-refractivity contribution in [2.75, 3.05) is 13.2 Å². The van der Waals surface area contributed by atoms with Gasteiger partial charge in [-0.05, 0) is 42.6 Å². The largest absolute Gasteiger partial charge is 0.396 e. The molecule has 1 aromatic rings. The minimum absolute atomic E-state index is 0.261. The number of hydrogen-bond donors (Lipinski definition) is 2. The summed E-state index contributed by atoms with van der Waals surface area (Å²) in [6.45, 7) is 5.85. The lowest BCUT2D eigenvalue weighted by atomic mass is 9.93. The summed E-state index contributed by atoms with van der Waals surface area (Å²) in [5, 5.41) is 13.0. The number of aliphatic hydroxyl groups excluding tert-OH is 1. The van der Waals surface area contributed by atoms with Crippen LogP contribution >= 0.6 is 0 Å². The van der Waals surface area contributed by atoms with E-state index in [0.717, 1.165) is 18.9 Å². The normalized spacial score (nSPS) is 18.5. The third-order valence-corrected chi connectivity index (χ3v) is 4.20. The third kappa shape index (κ3) is 4.32. The van der Waals surface area contributed by atoms with E-state index in [9.17, 15) is 5.11 Å². The second-order valence-electron chi connectivity index (χ2n) is 6.14. The van der Waals surface area contributed by atoms with Gasteiger partial charge in [0.05, 0.1) is 0 Å². The predicted molar refractivity (Wildman–Crippen MR) is 80.2 cm³/mol. The van der Waals surface area contributed by atoms with Gasteiger partial charge in [0.2, 0.25) is 0 Å². The van der Waals surface area contributed by atoms with Gasteiger partial charge in [0.1, 0.15) is 0 Å². The lowest BCUT2D eigenvalue weighted by Gasteiger charge is -2.26. The molecule has 1 aliphatic carbocycles. The maximum absolute atomic E-state index is 9.27. The molecule has 2 unspecified atom stereocenters. The van der Waals surface area contributed by atoms with Crippen LogP contribution in [0.1, 0.15) is 44.6 Å². The molecule has 1 fully saturated rings. The van der Waals surface area contributed by atoms with Crippen LogP contribution < -0.4 is 5.32 Å². The molecular weight excluding hydrogens is 234 g/mol. The maximum atomic E-state index is 9.27. The van der Waals surface area contributed by atoms with Crippen LogP contribution in [0, 0.1) is 11.8 Å². The molecule has 2 nitrogen and oxygen atoms in total. The molecule has 0 amide bonds. The summed E-state index contributed by atoms with van der Waals surface area (Å²) < 4.78 is 0. The molecular formula is C17H27NO. The fourth-order valence-electron chi connectivity index (χ4n) is 2.95. The first-order valence-corrected chi connectivity index (χ1v) is 7.61. The van der Waals surface area contributed by atoms with Crippen LogP contribution in [0.5, 0.6) is 0 Å². The van der Waals surface area contributed by atoms with Crippen molar-refractivity contribution < 1.29 is 5.11 Å². The topological polar surface area (TPSA) is 32.3 Å². The average molecular weight is 261 g/mol. The van der Waals surface area contributed by atoms with E-state index in [1.807, 2.05) is 6.07 Å². The van der Waals surface area contributed by atoms with Crippen LogP contribution in [0.3, 0.4) is 0 Å². The van der Waals surface area contributed by atoms with E-state index in [-0.39, 0.29) is 6.61 Å². The zero-order valence-electron chi connectivity index (χ0n) is 12.2. The molecule has 0 saturated heterocycles. The van der Waals surface area contributed by atoms with Gasteiger partial charge in [-0.25, -0.2) is 0 Å². The molecule has 0 aliphatic heterocycles. The number of hydrogen-bond acceptors (Lipinski definition) is 2. The predicted octanol–water partition coefficient (Wildman–Crippen LogP) is 3.18. The second kappa shape index (κ2) is 7.06. The minimum Gasteiger partial charge on any atom is -0.396 e. The molecule has 2 rings (SSSR count). The molecule has 0 bridgehead atoms. The maximum Gasteiger partial charge on any atom is 0.0437 e. The smallest absolute Gasteiger partial charge is 0.0437 e. The van der Waals surface area contributed by atoms with Gasteiger partial charge in [-0.15, -0.1) is 0 Å². The van der Waals surface area contributed by atoms with Crippen LogP contribution in [0.2, 0.25) is 0 Å². The Bertz CT molecular complexity index is 357. The van der Waals surface area contributed by atoms with Crippen molar-refractivity contribution in [1.82, 2.24) is 5.32 Å². The summed E-state index contributed by atoms with van der Waals surface area (Å²) in [6.07, 6.45) is 3.60. The monoisotopic (exact) mass is 261 g/mol. The zero-order chi connectivity index (χ0) is 13.7. The van der Waals surface area contributed by atoms with Crippen LogP contribution in [-0.2, 0) is 0 Å². The van der Waals surface area contributed by atoms with E-state index in [1.165, 1.54) is 18.4 Å². The molecule has 1 saturated carbocycles. The Morgan fingerprint density at radius 3 is 2.42 bits per heavy atom. The Kier molecular flexibility index (Phi) is 5.41. The van der Waals surface area contributed by atoms with E-state index in [4.69, 9.17) is 0 Å². The van der Waals surface area contributed by atoms with Crippen molar-refractivity contribution in [3.8, 4) is 0 Å². The molecule has 106 valence electrons. The minimum atomic E-state index is 0.261. The van der Waals surface area contributed by atoms with Gasteiger partial charge in [-0.1, -0.05) is 44.2 Å². The molecule has 0 aromatic heterocycles. The molecule has 2 heteroatoms. The van der Waals surface area contributed by atoms with Gasteiger partial charge in [0, 0.05) is 19.2 Å². The molecule has 2 N–H and O–H groups in total. The van der Waals surface area contributed by atoms with Crippen LogP contribution in [-0.4, -0.2) is 24.3 Å². The first-order valence-electron chi connectivity index (χ1n) is 7.61. The number of aliphatic hydroxyl groups is 1. The molecule has 0 heterocycles. The van der Waals surface area contributed by atoms with Gasteiger partial charge in [0.25, 0.3) is 0 Å². The molecule has 1 aliphatic rings. The molecule has 0 radical (unpaired) electrons. The van der Waals surface area contributed by atoms with Crippen molar-refractivity contribution in [3.05, 3.63) is 35.9 Å². The first-order chi connectivity index (χ1) is 9.22. The lowest BCUT2D eigenvalue weighted by molar-refractivity contribution is 0.266. The van der Waals surface area contributed by atoms with E-state index < -0.39 is 0 Å². The van der Waals surface area contributed by atoms with Gasteiger partial charge in [0.15, 0.2) is 0 Å². The highest BCUT2D eigenvalue weighted by Crippen LogP contribution is 2.36. The fraction of sp³-hybridized carbons (Fsp3) is 0.647. The Balaban J connectivity index is 1.93. The summed E-state index contributed by atoms with van der Waals surface area (Å²) in [6, 6.07) is 11.2. The molecule has 0 spiro atoms. The number of rotatable bonds is 8. The van der Waals surface area contributed by atoms with E-state index in [1.54, 1.807) is 0 Å². The Morgan fingerprint density at radius 1 is 1.21 bits per heavy atom. The van der Waals surface area contributed by atoms with E-state index >= 15 is 0 Å². The summed E-state index contributed by atoms with van der Waals surface area (Å²) in [5.74, 6) is 2.00. The SMILES string of the molecule is CC(C)C(NCC(CCO)c1ccccc1)C1CC1. The Hall–Kier alpha value is -0.860. The third-order valence-electron chi connectivity index (χ3n) is 4.20. The van der Waals surface area contributed by atoms with Crippen LogP contribution in [0.25, 0.3) is 0 Å². The van der Waals surface area contributed by atoms with Gasteiger partial charge >= 0.3 is 0 Å². The number of nitrogens with one attached hydrogen (secondary N) is 1. The van der Waals surface area contributed by atoms with Crippen molar-refractivity contribution in [2.24, 2.45) is 11.8 Å². The summed E-state index contributed by atoms with van der Waals surface area (Å²) in [4.78, 5) is 0. The van der Waals surface area contributed by atoms with Crippen molar-refractivity contribution in [3.63, 3.8) is 0 Å². The summed E-state index contributed by atoms with van der Waals surface area (Å²) in [7, 11) is 0. The standard InChI is InChI=1S/C17H27NO/c1-13(2)17(15-8-9-15)18-12-16(10-11-19)14-6-4-3-5-7-14/h3-7,13,15-19H,8-12H2,1-2H3. The van der Waals surface area contributed by atoms with Crippen LogP contribution in [0.4, 0.5) is 0 Å². The Morgan fingerprint density at radius 2 is 1.89 bits per heavy atom. The fourth-order valence-corrected chi connectivity index (χ4v) is 2.95. The van der Waals surface area contributed by atoms with Crippen molar-refractivity contribution >= 4 is 0 Å².